The number of nitrogens with one attached hydrogen (secondary N) is 1. The average molecular weight is 530 g/mol. The molecule has 0 fully saturated rings. The first-order valence-corrected chi connectivity index (χ1v) is 14.0. The van der Waals surface area contributed by atoms with E-state index in [4.69, 9.17) is 4.74 Å². The molecule has 0 spiro atoms. The summed E-state index contributed by atoms with van der Waals surface area (Å²) in [7, 11) is 0. The number of rotatable bonds is 11. The van der Waals surface area contributed by atoms with E-state index in [0.29, 0.717) is 32.2 Å². The first-order chi connectivity index (χ1) is 18.4. The molecule has 0 bridgehead atoms. The number of thioether (sulfide) groups is 1. The van der Waals surface area contributed by atoms with Crippen molar-refractivity contribution >= 4 is 23.6 Å². The van der Waals surface area contributed by atoms with Crippen LogP contribution >= 0.6 is 11.8 Å². The SMILES string of the molecule is CC(C)c1ccccc1SC1=C(O)CC(CCCCC(=O)NCc2ccccc2)(c2ccccc2)OC1=O. The third-order valence-corrected chi connectivity index (χ3v) is 8.01. The molecule has 1 unspecified atom stereocenters. The van der Waals surface area contributed by atoms with Gasteiger partial charge in [-0.1, -0.05) is 104 Å². The van der Waals surface area contributed by atoms with E-state index in [9.17, 15) is 14.7 Å². The summed E-state index contributed by atoms with van der Waals surface area (Å²) in [6.07, 6.45) is 2.43. The van der Waals surface area contributed by atoms with Crippen LogP contribution in [0, 0.1) is 0 Å². The van der Waals surface area contributed by atoms with Crippen molar-refractivity contribution < 1.29 is 19.4 Å². The van der Waals surface area contributed by atoms with Gasteiger partial charge in [0, 0.05) is 17.9 Å². The van der Waals surface area contributed by atoms with Gasteiger partial charge >= 0.3 is 5.97 Å². The van der Waals surface area contributed by atoms with Crippen molar-refractivity contribution in [3.8, 4) is 0 Å². The Morgan fingerprint density at radius 1 is 0.974 bits per heavy atom. The molecule has 6 heteroatoms. The molecule has 1 heterocycles. The maximum Gasteiger partial charge on any atom is 0.349 e. The van der Waals surface area contributed by atoms with E-state index in [-0.39, 0.29) is 28.9 Å². The second-order valence-corrected chi connectivity index (χ2v) is 11.0. The van der Waals surface area contributed by atoms with Crippen LogP contribution in [0.3, 0.4) is 0 Å². The molecule has 5 nitrogen and oxygen atoms in total. The fourth-order valence-electron chi connectivity index (χ4n) is 4.76. The molecule has 2 N–H and O–H groups in total. The largest absolute Gasteiger partial charge is 0.511 e. The second-order valence-electron chi connectivity index (χ2n) is 9.97. The topological polar surface area (TPSA) is 75.6 Å². The molecule has 1 atom stereocenters. The number of amides is 1. The number of carbonyl (C=O) groups excluding carboxylic acids is 2. The Kier molecular flexibility index (Phi) is 9.29. The van der Waals surface area contributed by atoms with Gasteiger partial charge in [-0.15, -0.1) is 0 Å². The minimum absolute atomic E-state index is 0.00602. The highest BCUT2D eigenvalue weighted by molar-refractivity contribution is 8.04. The van der Waals surface area contributed by atoms with Crippen molar-refractivity contribution in [2.75, 3.05) is 0 Å². The first-order valence-electron chi connectivity index (χ1n) is 13.2. The Hall–Kier alpha value is -3.51. The highest BCUT2D eigenvalue weighted by Gasteiger charge is 2.43. The third-order valence-electron chi connectivity index (χ3n) is 6.81. The van der Waals surface area contributed by atoms with Crippen LogP contribution in [0.4, 0.5) is 0 Å². The number of carbonyl (C=O) groups is 2. The summed E-state index contributed by atoms with van der Waals surface area (Å²) < 4.78 is 6.15. The molecule has 38 heavy (non-hydrogen) atoms. The zero-order valence-corrected chi connectivity index (χ0v) is 22.8. The number of benzene rings is 3. The maximum atomic E-state index is 13.3. The van der Waals surface area contributed by atoms with Gasteiger partial charge in [0.15, 0.2) is 0 Å². The average Bonchev–Trinajstić information content (AvgIpc) is 2.93. The van der Waals surface area contributed by atoms with Crippen molar-refractivity contribution in [1.29, 1.82) is 0 Å². The van der Waals surface area contributed by atoms with E-state index in [2.05, 4.69) is 19.2 Å². The van der Waals surface area contributed by atoms with Crippen LogP contribution in [-0.4, -0.2) is 17.0 Å². The number of aliphatic hydroxyl groups excluding tert-OH is 1. The van der Waals surface area contributed by atoms with Crippen LogP contribution in [0.15, 0.2) is 100 Å². The van der Waals surface area contributed by atoms with E-state index >= 15 is 0 Å². The van der Waals surface area contributed by atoms with E-state index in [1.54, 1.807) is 0 Å². The highest BCUT2D eigenvalue weighted by atomic mass is 32.2. The van der Waals surface area contributed by atoms with Crippen molar-refractivity contribution in [1.82, 2.24) is 5.32 Å². The quantitative estimate of drug-likeness (QED) is 0.200. The first kappa shape index (κ1) is 27.5. The van der Waals surface area contributed by atoms with E-state index < -0.39 is 11.6 Å². The molecule has 3 aromatic carbocycles. The number of unbranched alkanes of at least 4 members (excludes halogenated alkanes) is 1. The Bertz CT molecular complexity index is 1270. The minimum atomic E-state index is -0.968. The van der Waals surface area contributed by atoms with Crippen molar-refractivity contribution in [2.45, 2.75) is 68.9 Å². The monoisotopic (exact) mass is 529 g/mol. The number of esters is 1. The summed E-state index contributed by atoms with van der Waals surface area (Å²) in [5.74, 6) is -0.182. The summed E-state index contributed by atoms with van der Waals surface area (Å²) in [6, 6.07) is 27.3. The molecule has 198 valence electrons. The van der Waals surface area contributed by atoms with Crippen LogP contribution < -0.4 is 5.32 Å². The summed E-state index contributed by atoms with van der Waals surface area (Å²) in [6.45, 7) is 4.72. The van der Waals surface area contributed by atoms with Gasteiger partial charge in [-0.2, -0.15) is 0 Å². The Morgan fingerprint density at radius 2 is 1.63 bits per heavy atom. The molecule has 4 rings (SSSR count). The van der Waals surface area contributed by atoms with Crippen LogP contribution in [-0.2, 0) is 26.5 Å². The summed E-state index contributed by atoms with van der Waals surface area (Å²) in [5, 5.41) is 14.1. The molecule has 1 aliphatic heterocycles. The standard InChI is InChI=1S/C32H35NO4S/c1-23(2)26-17-9-10-18-28(26)38-30-27(34)21-32(37-31(30)36,25-15-7-4-8-16-25)20-12-11-19-29(35)33-22-24-13-5-3-6-14-24/h3-10,13-18,23,34H,11-12,19-22H2,1-2H3,(H,33,35). The van der Waals surface area contributed by atoms with Crippen molar-refractivity contribution in [3.05, 3.63) is 112 Å². The van der Waals surface area contributed by atoms with Crippen LogP contribution in [0.1, 0.15) is 68.6 Å². The van der Waals surface area contributed by atoms with Gasteiger partial charge in [-0.3, -0.25) is 4.79 Å². The lowest BCUT2D eigenvalue weighted by Crippen LogP contribution is -2.37. The van der Waals surface area contributed by atoms with Gasteiger partial charge in [0.1, 0.15) is 16.3 Å². The molecule has 3 aromatic rings. The molecule has 1 amide bonds. The number of ether oxygens (including phenoxy) is 1. The number of aliphatic hydroxyl groups is 1. The molecule has 0 aliphatic carbocycles. The van der Waals surface area contributed by atoms with E-state index in [1.165, 1.54) is 11.8 Å². The zero-order valence-electron chi connectivity index (χ0n) is 22.0. The van der Waals surface area contributed by atoms with Gasteiger partial charge in [0.2, 0.25) is 5.91 Å². The van der Waals surface area contributed by atoms with Crippen LogP contribution in [0.5, 0.6) is 0 Å². The maximum absolute atomic E-state index is 13.3. The molecule has 1 aliphatic rings. The van der Waals surface area contributed by atoms with E-state index in [0.717, 1.165) is 21.6 Å². The summed E-state index contributed by atoms with van der Waals surface area (Å²) in [5.41, 5.74) is 2.06. The Labute approximate surface area is 229 Å². The van der Waals surface area contributed by atoms with Crippen molar-refractivity contribution in [2.24, 2.45) is 0 Å². The molecular formula is C32H35NO4S. The summed E-state index contributed by atoms with van der Waals surface area (Å²) in [4.78, 5) is 26.9. The van der Waals surface area contributed by atoms with Crippen LogP contribution in [0.2, 0.25) is 0 Å². The smallest absolute Gasteiger partial charge is 0.349 e. The Morgan fingerprint density at radius 3 is 2.32 bits per heavy atom. The number of hydrogen-bond donors (Lipinski definition) is 2. The lowest BCUT2D eigenvalue weighted by Gasteiger charge is -2.37. The predicted molar refractivity (Wildman–Crippen MR) is 152 cm³/mol. The fourth-order valence-corrected chi connectivity index (χ4v) is 5.86. The van der Waals surface area contributed by atoms with Gasteiger partial charge < -0.3 is 15.2 Å². The minimum Gasteiger partial charge on any atom is -0.511 e. The van der Waals surface area contributed by atoms with Crippen LogP contribution in [0.25, 0.3) is 0 Å². The van der Waals surface area contributed by atoms with E-state index in [1.807, 2.05) is 84.9 Å². The van der Waals surface area contributed by atoms with Gasteiger partial charge in [0.25, 0.3) is 0 Å². The number of cyclic esters (lactones) is 1. The lowest BCUT2D eigenvalue weighted by molar-refractivity contribution is -0.160. The molecular weight excluding hydrogens is 494 g/mol. The lowest BCUT2D eigenvalue weighted by atomic mass is 9.83. The molecule has 0 radical (unpaired) electrons. The van der Waals surface area contributed by atoms with Gasteiger partial charge in [-0.05, 0) is 47.9 Å². The third kappa shape index (κ3) is 6.87. The van der Waals surface area contributed by atoms with Crippen molar-refractivity contribution in [3.63, 3.8) is 0 Å². The zero-order chi connectivity index (χ0) is 27.0. The molecule has 0 saturated heterocycles. The summed E-state index contributed by atoms with van der Waals surface area (Å²) >= 11 is 1.27. The number of hydrogen-bond acceptors (Lipinski definition) is 5. The van der Waals surface area contributed by atoms with Gasteiger partial charge in [0.05, 0.1) is 6.42 Å². The predicted octanol–water partition coefficient (Wildman–Crippen LogP) is 7.39. The molecule has 0 aromatic heterocycles. The second kappa shape index (κ2) is 12.8. The highest BCUT2D eigenvalue weighted by Crippen LogP contribution is 2.46. The normalized spacial score (nSPS) is 17.4. The molecule has 0 saturated carbocycles. The fraction of sp³-hybridized carbons (Fsp3) is 0.312. The van der Waals surface area contributed by atoms with Gasteiger partial charge in [-0.25, -0.2) is 4.79 Å². The Balaban J connectivity index is 1.44.